The van der Waals surface area contributed by atoms with Crippen molar-refractivity contribution in [1.82, 2.24) is 14.5 Å². The monoisotopic (exact) mass is 623 g/mol. The Morgan fingerprint density at radius 2 is 0.918 bits per heavy atom. The fourth-order valence-corrected chi connectivity index (χ4v) is 7.56. The van der Waals surface area contributed by atoms with Crippen LogP contribution in [0, 0.1) is 0 Å². The summed E-state index contributed by atoms with van der Waals surface area (Å²) < 4.78 is 2.44. The van der Waals surface area contributed by atoms with E-state index in [9.17, 15) is 0 Å². The van der Waals surface area contributed by atoms with E-state index in [-0.39, 0.29) is 0 Å². The second kappa shape index (κ2) is 11.0. The summed E-state index contributed by atoms with van der Waals surface area (Å²) in [6.07, 6.45) is 0. The Labute approximate surface area is 283 Å². The molecule has 0 N–H and O–H groups in total. The van der Waals surface area contributed by atoms with Gasteiger partial charge in [-0.25, -0.2) is 9.97 Å². The van der Waals surface area contributed by atoms with Crippen LogP contribution in [0.25, 0.3) is 93.7 Å². The predicted octanol–water partition coefficient (Wildman–Crippen LogP) is 12.0. The van der Waals surface area contributed by atoms with Gasteiger partial charge in [0.05, 0.1) is 22.4 Å². The van der Waals surface area contributed by atoms with Crippen LogP contribution in [-0.4, -0.2) is 14.5 Å². The van der Waals surface area contributed by atoms with Crippen molar-refractivity contribution >= 4 is 54.1 Å². The zero-order valence-electron chi connectivity index (χ0n) is 26.6. The molecule has 3 nitrogen and oxygen atoms in total. The van der Waals surface area contributed by atoms with Crippen molar-refractivity contribution in [3.05, 3.63) is 176 Å². The van der Waals surface area contributed by atoms with E-state index in [1.54, 1.807) is 0 Å². The quantitative estimate of drug-likeness (QED) is 0.183. The average molecular weight is 624 g/mol. The summed E-state index contributed by atoms with van der Waals surface area (Å²) in [5.41, 5.74) is 8.42. The van der Waals surface area contributed by atoms with Gasteiger partial charge in [0, 0.05) is 38.5 Å². The Hall–Kier alpha value is -6.58. The van der Waals surface area contributed by atoms with Crippen LogP contribution >= 0.6 is 0 Å². The minimum atomic E-state index is 0.705. The number of aromatic nitrogens is 3. The van der Waals surface area contributed by atoms with Crippen LogP contribution < -0.4 is 0 Å². The van der Waals surface area contributed by atoms with Crippen molar-refractivity contribution in [3.8, 4) is 39.6 Å². The number of fused-ring (bicyclic) bond motifs is 10. The van der Waals surface area contributed by atoms with Gasteiger partial charge in [-0.1, -0.05) is 140 Å². The number of hydrogen-bond donors (Lipinski definition) is 0. The zero-order chi connectivity index (χ0) is 32.3. The highest BCUT2D eigenvalue weighted by Crippen LogP contribution is 2.44. The summed E-state index contributed by atoms with van der Waals surface area (Å²) in [4.78, 5) is 10.2. The van der Waals surface area contributed by atoms with Crippen LogP contribution in [0.15, 0.2) is 176 Å². The maximum absolute atomic E-state index is 5.08. The first kappa shape index (κ1) is 27.5. The molecular weight excluding hydrogens is 595 g/mol. The Bertz CT molecular complexity index is 2790. The summed E-state index contributed by atoms with van der Waals surface area (Å²) in [6.45, 7) is 0. The van der Waals surface area contributed by atoms with E-state index >= 15 is 0 Å². The summed E-state index contributed by atoms with van der Waals surface area (Å²) in [6, 6.07) is 62.5. The fraction of sp³-hybridized carbons (Fsp3) is 0. The molecule has 0 unspecified atom stereocenters. The molecule has 0 aliphatic carbocycles. The Kier molecular flexibility index (Phi) is 6.18. The summed E-state index contributed by atoms with van der Waals surface area (Å²) in [7, 11) is 0. The fourth-order valence-electron chi connectivity index (χ4n) is 7.56. The zero-order valence-corrected chi connectivity index (χ0v) is 26.6. The Morgan fingerprint density at radius 3 is 1.59 bits per heavy atom. The van der Waals surface area contributed by atoms with Crippen LogP contribution in [-0.2, 0) is 0 Å². The van der Waals surface area contributed by atoms with Crippen molar-refractivity contribution in [2.24, 2.45) is 0 Å². The molecule has 0 atom stereocenters. The van der Waals surface area contributed by atoms with Crippen LogP contribution in [0.3, 0.4) is 0 Å². The highest BCUT2D eigenvalue weighted by Gasteiger charge is 2.20. The molecule has 0 spiro atoms. The molecule has 10 aromatic rings. The molecule has 228 valence electrons. The lowest BCUT2D eigenvalue weighted by atomic mass is 9.93. The third-order valence-corrected chi connectivity index (χ3v) is 9.77. The van der Waals surface area contributed by atoms with Gasteiger partial charge in [0.1, 0.15) is 0 Å². The van der Waals surface area contributed by atoms with Crippen molar-refractivity contribution in [1.29, 1.82) is 0 Å². The summed E-state index contributed by atoms with van der Waals surface area (Å²) in [5, 5.41) is 10.1. The largest absolute Gasteiger partial charge is 0.309 e. The van der Waals surface area contributed by atoms with Crippen LogP contribution in [0.1, 0.15) is 0 Å². The van der Waals surface area contributed by atoms with E-state index in [1.807, 2.05) is 12.1 Å². The molecule has 2 aromatic heterocycles. The molecule has 8 aromatic carbocycles. The van der Waals surface area contributed by atoms with Gasteiger partial charge < -0.3 is 4.57 Å². The van der Waals surface area contributed by atoms with Gasteiger partial charge in [-0.3, -0.25) is 0 Å². The molecule has 0 amide bonds. The van der Waals surface area contributed by atoms with Crippen molar-refractivity contribution in [2.45, 2.75) is 0 Å². The first-order valence-electron chi connectivity index (χ1n) is 16.7. The van der Waals surface area contributed by atoms with E-state index in [0.717, 1.165) is 33.8 Å². The Morgan fingerprint density at radius 1 is 0.367 bits per heavy atom. The van der Waals surface area contributed by atoms with E-state index in [2.05, 4.69) is 168 Å². The van der Waals surface area contributed by atoms with Gasteiger partial charge in [-0.15, -0.1) is 0 Å². The molecule has 0 aliphatic rings. The molecule has 0 fully saturated rings. The van der Waals surface area contributed by atoms with Crippen LogP contribution in [0.4, 0.5) is 0 Å². The van der Waals surface area contributed by atoms with Crippen molar-refractivity contribution in [3.63, 3.8) is 0 Å². The molecule has 49 heavy (non-hydrogen) atoms. The second-order valence-corrected chi connectivity index (χ2v) is 12.6. The van der Waals surface area contributed by atoms with Gasteiger partial charge in [0.2, 0.25) is 0 Å². The maximum atomic E-state index is 5.08. The minimum Gasteiger partial charge on any atom is -0.309 e. The SMILES string of the molecule is c1ccc(-c2cc(-c3ccccc3)nc(-c3ccc(-n4c5ccccc5c5c6ccccc6c6c7ccccc7ccc6c54)cc3)n2)cc1. The molecule has 3 heteroatoms. The average Bonchev–Trinajstić information content (AvgIpc) is 3.54. The van der Waals surface area contributed by atoms with Crippen molar-refractivity contribution in [2.75, 3.05) is 0 Å². The lowest BCUT2D eigenvalue weighted by Gasteiger charge is -2.14. The molecule has 0 radical (unpaired) electrons. The summed E-state index contributed by atoms with van der Waals surface area (Å²) >= 11 is 0. The molecule has 0 bridgehead atoms. The summed E-state index contributed by atoms with van der Waals surface area (Å²) in [5.74, 6) is 0.705. The first-order valence-corrected chi connectivity index (χ1v) is 16.7. The standard InChI is InChI=1S/C46H29N3/c1-3-14-31(15-4-1)40-29-41(32-16-5-2-6-17-32)48-46(47-40)33-23-26-34(27-24-33)49-42-22-12-11-21-38(42)44-37-20-10-9-19-36(37)43-35-18-8-7-13-30(35)25-28-39(43)45(44)49/h1-29H. The number of rotatable bonds is 4. The first-order chi connectivity index (χ1) is 24.3. The third kappa shape index (κ3) is 4.37. The third-order valence-electron chi connectivity index (χ3n) is 9.77. The number of benzene rings is 8. The molecule has 10 rings (SSSR count). The predicted molar refractivity (Wildman–Crippen MR) is 205 cm³/mol. The van der Waals surface area contributed by atoms with Crippen LogP contribution in [0.5, 0.6) is 0 Å². The normalized spacial score (nSPS) is 11.7. The molecule has 0 saturated carbocycles. The Balaban J connectivity index is 1.22. The lowest BCUT2D eigenvalue weighted by molar-refractivity contribution is 1.17. The number of para-hydroxylation sites is 1. The topological polar surface area (TPSA) is 30.7 Å². The number of nitrogens with zero attached hydrogens (tertiary/aromatic N) is 3. The molecule has 0 saturated heterocycles. The van der Waals surface area contributed by atoms with Gasteiger partial charge in [-0.2, -0.15) is 0 Å². The van der Waals surface area contributed by atoms with Gasteiger partial charge in [0.25, 0.3) is 0 Å². The smallest absolute Gasteiger partial charge is 0.160 e. The highest BCUT2D eigenvalue weighted by atomic mass is 15.0. The van der Waals surface area contributed by atoms with E-state index in [0.29, 0.717) is 5.82 Å². The van der Waals surface area contributed by atoms with Crippen LogP contribution in [0.2, 0.25) is 0 Å². The lowest BCUT2D eigenvalue weighted by Crippen LogP contribution is -1.98. The maximum Gasteiger partial charge on any atom is 0.160 e. The van der Waals surface area contributed by atoms with Gasteiger partial charge in [0.15, 0.2) is 5.82 Å². The van der Waals surface area contributed by atoms with E-state index in [4.69, 9.17) is 9.97 Å². The van der Waals surface area contributed by atoms with Crippen molar-refractivity contribution < 1.29 is 0 Å². The molecular formula is C46H29N3. The van der Waals surface area contributed by atoms with Gasteiger partial charge >= 0.3 is 0 Å². The highest BCUT2D eigenvalue weighted by molar-refractivity contribution is 6.35. The minimum absolute atomic E-state index is 0.705. The van der Waals surface area contributed by atoms with E-state index in [1.165, 1.54) is 54.1 Å². The van der Waals surface area contributed by atoms with Gasteiger partial charge in [-0.05, 0) is 63.3 Å². The second-order valence-electron chi connectivity index (χ2n) is 12.6. The van der Waals surface area contributed by atoms with E-state index < -0.39 is 0 Å². The molecule has 0 aliphatic heterocycles. The number of hydrogen-bond acceptors (Lipinski definition) is 2. The molecule has 2 heterocycles.